The molecule has 0 spiro atoms. The summed E-state index contributed by atoms with van der Waals surface area (Å²) >= 11 is 6.11. The zero-order chi connectivity index (χ0) is 20.2. The highest BCUT2D eigenvalue weighted by Gasteiger charge is 2.22. The average Bonchev–Trinajstić information content (AvgIpc) is 3.38. The Kier molecular flexibility index (Phi) is 5.44. The molecular formula is C22H20ClN5O. The van der Waals surface area contributed by atoms with E-state index < -0.39 is 0 Å². The third kappa shape index (κ3) is 4.22. The number of nitrogens with zero attached hydrogens (tertiary/aromatic N) is 4. The van der Waals surface area contributed by atoms with Crippen LogP contribution >= 0.6 is 11.6 Å². The van der Waals surface area contributed by atoms with E-state index in [1.165, 1.54) is 0 Å². The summed E-state index contributed by atoms with van der Waals surface area (Å²) in [7, 11) is 0. The number of rotatable bonds is 6. The van der Waals surface area contributed by atoms with E-state index in [0.29, 0.717) is 17.4 Å². The van der Waals surface area contributed by atoms with Crippen molar-refractivity contribution < 1.29 is 4.79 Å². The molecule has 1 atom stereocenters. The number of aromatic nitrogens is 4. The Morgan fingerprint density at radius 3 is 2.55 bits per heavy atom. The lowest BCUT2D eigenvalue weighted by Crippen LogP contribution is -2.28. The van der Waals surface area contributed by atoms with Crippen LogP contribution < -0.4 is 5.32 Å². The fraction of sp³-hybridized carbons (Fsp3) is 0.136. The molecule has 146 valence electrons. The molecule has 4 rings (SSSR count). The van der Waals surface area contributed by atoms with E-state index in [1.54, 1.807) is 4.68 Å². The molecule has 0 unspecified atom stereocenters. The van der Waals surface area contributed by atoms with E-state index in [-0.39, 0.29) is 17.6 Å². The molecule has 0 radical (unpaired) electrons. The summed E-state index contributed by atoms with van der Waals surface area (Å²) in [6.07, 6.45) is 3.73. The van der Waals surface area contributed by atoms with E-state index in [2.05, 4.69) is 15.6 Å². The maximum Gasteiger partial charge on any atom is 0.276 e. The van der Waals surface area contributed by atoms with Gasteiger partial charge in [0, 0.05) is 17.4 Å². The van der Waals surface area contributed by atoms with E-state index in [0.717, 1.165) is 11.1 Å². The maximum absolute atomic E-state index is 13.0. The van der Waals surface area contributed by atoms with Crippen LogP contribution in [0.5, 0.6) is 0 Å². The molecule has 2 heterocycles. The zero-order valence-electron chi connectivity index (χ0n) is 15.9. The minimum Gasteiger partial charge on any atom is -0.344 e. The van der Waals surface area contributed by atoms with Gasteiger partial charge >= 0.3 is 0 Å². The van der Waals surface area contributed by atoms with Gasteiger partial charge < -0.3 is 9.88 Å². The quantitative estimate of drug-likeness (QED) is 0.521. The SMILES string of the molecule is C[C@H](NC(=O)c1nnn(Cc2cccc(Cl)c2)c1-n1cccc1)c1ccccc1. The third-order valence-corrected chi connectivity index (χ3v) is 4.88. The number of hydrogen-bond donors (Lipinski definition) is 1. The fourth-order valence-electron chi connectivity index (χ4n) is 3.19. The first-order chi connectivity index (χ1) is 14.1. The molecule has 0 saturated heterocycles. The Morgan fingerprint density at radius 1 is 1.07 bits per heavy atom. The first-order valence-corrected chi connectivity index (χ1v) is 9.66. The van der Waals surface area contributed by atoms with Gasteiger partial charge in [0.2, 0.25) is 0 Å². The molecule has 6 nitrogen and oxygen atoms in total. The zero-order valence-corrected chi connectivity index (χ0v) is 16.6. The lowest BCUT2D eigenvalue weighted by molar-refractivity contribution is 0.0934. The van der Waals surface area contributed by atoms with E-state index in [1.807, 2.05) is 90.6 Å². The molecule has 0 fully saturated rings. The summed E-state index contributed by atoms with van der Waals surface area (Å²) in [4.78, 5) is 13.0. The Labute approximate surface area is 173 Å². The lowest BCUT2D eigenvalue weighted by Gasteiger charge is -2.14. The topological polar surface area (TPSA) is 64.7 Å². The van der Waals surface area contributed by atoms with Crippen molar-refractivity contribution in [2.24, 2.45) is 0 Å². The molecule has 1 amide bonds. The van der Waals surface area contributed by atoms with Gasteiger partial charge in [0.05, 0.1) is 12.6 Å². The van der Waals surface area contributed by atoms with Crippen LogP contribution in [0.3, 0.4) is 0 Å². The van der Waals surface area contributed by atoms with Crippen molar-refractivity contribution in [2.75, 3.05) is 0 Å². The predicted octanol–water partition coefficient (Wildman–Crippen LogP) is 4.26. The van der Waals surface area contributed by atoms with Crippen LogP contribution in [0.2, 0.25) is 5.02 Å². The molecular weight excluding hydrogens is 386 g/mol. The molecule has 2 aromatic carbocycles. The molecule has 7 heteroatoms. The van der Waals surface area contributed by atoms with Crippen LogP contribution in [0, 0.1) is 0 Å². The summed E-state index contributed by atoms with van der Waals surface area (Å²) in [5, 5.41) is 12.1. The molecule has 4 aromatic rings. The maximum atomic E-state index is 13.0. The van der Waals surface area contributed by atoms with Gasteiger partial charge in [-0.05, 0) is 42.3 Å². The second-order valence-electron chi connectivity index (χ2n) is 6.75. The van der Waals surface area contributed by atoms with Gasteiger partial charge in [-0.25, -0.2) is 4.68 Å². The Morgan fingerprint density at radius 2 is 1.83 bits per heavy atom. The minimum atomic E-state index is -0.276. The molecule has 0 bridgehead atoms. The first kappa shape index (κ1) is 19.0. The average molecular weight is 406 g/mol. The monoisotopic (exact) mass is 405 g/mol. The third-order valence-electron chi connectivity index (χ3n) is 4.64. The summed E-state index contributed by atoms with van der Waals surface area (Å²) in [5.41, 5.74) is 2.26. The number of halogens is 1. The van der Waals surface area contributed by atoms with E-state index in [9.17, 15) is 4.79 Å². The van der Waals surface area contributed by atoms with Crippen molar-refractivity contribution >= 4 is 17.5 Å². The number of carbonyl (C=O) groups is 1. The van der Waals surface area contributed by atoms with Gasteiger partial charge in [0.1, 0.15) is 0 Å². The smallest absolute Gasteiger partial charge is 0.276 e. The van der Waals surface area contributed by atoms with Crippen molar-refractivity contribution in [1.82, 2.24) is 24.9 Å². The Bertz CT molecular complexity index is 1110. The van der Waals surface area contributed by atoms with Gasteiger partial charge in [0.25, 0.3) is 5.91 Å². The van der Waals surface area contributed by atoms with Gasteiger partial charge in [-0.3, -0.25) is 4.79 Å². The largest absolute Gasteiger partial charge is 0.344 e. The Hall–Kier alpha value is -3.38. The predicted molar refractivity (Wildman–Crippen MR) is 112 cm³/mol. The van der Waals surface area contributed by atoms with Gasteiger partial charge in [-0.15, -0.1) is 5.10 Å². The summed E-state index contributed by atoms with van der Waals surface area (Å²) < 4.78 is 3.54. The standard InChI is InChI=1S/C22H20ClN5O/c1-16(18-9-3-2-4-10-18)24-21(29)20-22(27-12-5-6-13-27)28(26-25-20)15-17-8-7-11-19(23)14-17/h2-14,16H,15H2,1H3,(H,24,29)/t16-/m0/s1. The summed E-state index contributed by atoms with van der Waals surface area (Å²) in [6, 6.07) is 21.0. The van der Waals surface area contributed by atoms with E-state index >= 15 is 0 Å². The molecule has 0 aliphatic heterocycles. The van der Waals surface area contributed by atoms with Crippen LogP contribution in [0.25, 0.3) is 5.82 Å². The number of benzene rings is 2. The minimum absolute atomic E-state index is 0.153. The van der Waals surface area contributed by atoms with Crippen molar-refractivity contribution in [3.05, 3.63) is 101 Å². The number of hydrogen-bond acceptors (Lipinski definition) is 3. The molecule has 1 N–H and O–H groups in total. The fourth-order valence-corrected chi connectivity index (χ4v) is 3.40. The Balaban J connectivity index is 1.65. The number of nitrogens with one attached hydrogen (secondary N) is 1. The first-order valence-electron chi connectivity index (χ1n) is 9.29. The van der Waals surface area contributed by atoms with Gasteiger partial charge in [-0.2, -0.15) is 0 Å². The van der Waals surface area contributed by atoms with Crippen molar-refractivity contribution in [3.8, 4) is 5.82 Å². The van der Waals surface area contributed by atoms with Crippen LogP contribution in [0.15, 0.2) is 79.1 Å². The van der Waals surface area contributed by atoms with Gasteiger partial charge in [0.15, 0.2) is 11.5 Å². The number of carbonyl (C=O) groups excluding carboxylic acids is 1. The number of amides is 1. The second kappa shape index (κ2) is 8.32. The van der Waals surface area contributed by atoms with Gasteiger partial charge in [-0.1, -0.05) is 59.3 Å². The molecule has 29 heavy (non-hydrogen) atoms. The van der Waals surface area contributed by atoms with Crippen LogP contribution in [-0.2, 0) is 6.54 Å². The highest BCUT2D eigenvalue weighted by atomic mass is 35.5. The van der Waals surface area contributed by atoms with Crippen LogP contribution in [0.1, 0.15) is 34.6 Å². The summed E-state index contributed by atoms with van der Waals surface area (Å²) in [6.45, 7) is 2.39. The summed E-state index contributed by atoms with van der Waals surface area (Å²) in [5.74, 6) is 0.329. The normalized spacial score (nSPS) is 11.9. The van der Waals surface area contributed by atoms with Crippen LogP contribution in [0.4, 0.5) is 0 Å². The van der Waals surface area contributed by atoms with Crippen LogP contribution in [-0.4, -0.2) is 25.5 Å². The lowest BCUT2D eigenvalue weighted by atomic mass is 10.1. The van der Waals surface area contributed by atoms with E-state index in [4.69, 9.17) is 11.6 Å². The van der Waals surface area contributed by atoms with Crippen molar-refractivity contribution in [3.63, 3.8) is 0 Å². The molecule has 2 aromatic heterocycles. The second-order valence-corrected chi connectivity index (χ2v) is 7.18. The molecule has 0 saturated carbocycles. The molecule has 0 aliphatic rings. The highest BCUT2D eigenvalue weighted by molar-refractivity contribution is 6.30. The van der Waals surface area contributed by atoms with Crippen molar-refractivity contribution in [1.29, 1.82) is 0 Å². The molecule has 0 aliphatic carbocycles. The van der Waals surface area contributed by atoms with Crippen molar-refractivity contribution in [2.45, 2.75) is 19.5 Å². The highest BCUT2D eigenvalue weighted by Crippen LogP contribution is 2.18.